The highest BCUT2D eigenvalue weighted by atomic mass is 15.5. The number of hydrogen-bond acceptors (Lipinski definition) is 4. The van der Waals surface area contributed by atoms with Crippen molar-refractivity contribution in [2.24, 2.45) is 10.7 Å². The molecule has 0 atom stereocenters. The lowest BCUT2D eigenvalue weighted by molar-refractivity contribution is 0.881. The van der Waals surface area contributed by atoms with E-state index in [1.54, 1.807) is 0 Å². The van der Waals surface area contributed by atoms with Crippen LogP contribution in [0.2, 0.25) is 0 Å². The largest absolute Gasteiger partial charge is 0.383 e. The van der Waals surface area contributed by atoms with Gasteiger partial charge in [0.05, 0.1) is 0 Å². The summed E-state index contributed by atoms with van der Waals surface area (Å²) in [5.41, 5.74) is 7.78. The van der Waals surface area contributed by atoms with Crippen LogP contribution < -0.4 is 5.73 Å². The number of nitrogens with two attached hydrogens (primary N) is 1. The topological polar surface area (TPSA) is 92.8 Å². The van der Waals surface area contributed by atoms with Crippen LogP contribution in [-0.4, -0.2) is 26.5 Å². The summed E-state index contributed by atoms with van der Waals surface area (Å²) in [5.74, 6) is 0.601. The van der Waals surface area contributed by atoms with Crippen LogP contribution in [0.4, 0.5) is 5.95 Å². The lowest BCUT2D eigenvalue weighted by atomic mass is 10.1. The van der Waals surface area contributed by atoms with Crippen LogP contribution in [0.5, 0.6) is 0 Å². The van der Waals surface area contributed by atoms with E-state index in [-0.39, 0.29) is 5.95 Å². The molecule has 0 aliphatic rings. The summed E-state index contributed by atoms with van der Waals surface area (Å²) < 4.78 is 0. The molecule has 15 heavy (non-hydrogen) atoms. The Labute approximate surface area is 86.2 Å². The fraction of sp³-hybridized carbons (Fsp3) is 0.111. The average molecular weight is 202 g/mol. The number of benzene rings is 1. The molecule has 0 unspecified atom stereocenters. The van der Waals surface area contributed by atoms with Gasteiger partial charge in [-0.2, -0.15) is 10.2 Å². The third-order valence-electron chi connectivity index (χ3n) is 1.90. The first-order chi connectivity index (χ1) is 7.25. The molecule has 0 saturated heterocycles. The summed E-state index contributed by atoms with van der Waals surface area (Å²) in [6.07, 6.45) is 0. The lowest BCUT2D eigenvalue weighted by Crippen LogP contribution is -2.12. The average Bonchev–Trinajstić information content (AvgIpc) is 2.71. The van der Waals surface area contributed by atoms with Crippen LogP contribution in [0, 0.1) is 6.92 Å². The molecule has 0 fully saturated rings. The Morgan fingerprint density at radius 2 is 2.07 bits per heavy atom. The molecule has 0 aliphatic carbocycles. The van der Waals surface area contributed by atoms with E-state index in [2.05, 4.69) is 25.6 Å². The number of H-pyrrole nitrogens is 1. The van der Waals surface area contributed by atoms with Crippen molar-refractivity contribution in [2.45, 2.75) is 6.92 Å². The fourth-order valence-electron chi connectivity index (χ4n) is 1.10. The van der Waals surface area contributed by atoms with Crippen LogP contribution in [0.3, 0.4) is 0 Å². The second-order valence-electron chi connectivity index (χ2n) is 3.07. The first kappa shape index (κ1) is 9.32. The summed E-state index contributed by atoms with van der Waals surface area (Å²) in [6.45, 7) is 2.01. The number of aliphatic imine (C=N–C) groups is 1. The van der Waals surface area contributed by atoms with Crippen LogP contribution in [0.1, 0.15) is 11.1 Å². The molecule has 1 aromatic heterocycles. The van der Waals surface area contributed by atoms with Gasteiger partial charge >= 0.3 is 0 Å². The minimum atomic E-state index is 0.230. The zero-order chi connectivity index (χ0) is 10.7. The van der Waals surface area contributed by atoms with E-state index < -0.39 is 0 Å². The molecule has 76 valence electrons. The van der Waals surface area contributed by atoms with Gasteiger partial charge in [-0.05, 0) is 12.1 Å². The molecule has 3 N–H and O–H groups in total. The molecular formula is C9H10N6. The maximum atomic E-state index is 5.76. The normalized spacial score (nSPS) is 11.7. The van der Waals surface area contributed by atoms with E-state index in [9.17, 15) is 0 Å². The third-order valence-corrected chi connectivity index (χ3v) is 1.90. The first-order valence-corrected chi connectivity index (χ1v) is 4.40. The Morgan fingerprint density at radius 1 is 1.33 bits per heavy atom. The summed E-state index contributed by atoms with van der Waals surface area (Å²) in [7, 11) is 0. The van der Waals surface area contributed by atoms with Gasteiger partial charge in [0.2, 0.25) is 0 Å². The van der Waals surface area contributed by atoms with Crippen molar-refractivity contribution in [3.63, 3.8) is 0 Å². The quantitative estimate of drug-likeness (QED) is 0.549. The highest BCUT2D eigenvalue weighted by Gasteiger charge is 2.00. The molecule has 0 spiro atoms. The number of aromatic amines is 1. The van der Waals surface area contributed by atoms with Gasteiger partial charge in [-0.3, -0.25) is 0 Å². The molecule has 1 aromatic carbocycles. The van der Waals surface area contributed by atoms with E-state index in [0.29, 0.717) is 5.84 Å². The van der Waals surface area contributed by atoms with E-state index in [1.165, 1.54) is 5.56 Å². The molecule has 0 bridgehead atoms. The van der Waals surface area contributed by atoms with Crippen molar-refractivity contribution >= 4 is 11.8 Å². The number of nitrogens with one attached hydrogen (secondary N) is 1. The number of aromatic nitrogens is 4. The predicted octanol–water partition coefficient (Wildman–Crippen LogP) is 0.545. The van der Waals surface area contributed by atoms with Gasteiger partial charge in [0.1, 0.15) is 5.84 Å². The van der Waals surface area contributed by atoms with Gasteiger partial charge < -0.3 is 5.73 Å². The van der Waals surface area contributed by atoms with Crippen molar-refractivity contribution in [2.75, 3.05) is 0 Å². The van der Waals surface area contributed by atoms with Crippen LogP contribution in [-0.2, 0) is 0 Å². The number of nitrogens with zero attached hydrogens (tertiary/aromatic N) is 4. The van der Waals surface area contributed by atoms with E-state index in [4.69, 9.17) is 5.73 Å². The number of tetrazole rings is 1. The van der Waals surface area contributed by atoms with Crippen LogP contribution in [0.15, 0.2) is 29.3 Å². The molecule has 2 aromatic rings. The summed E-state index contributed by atoms with van der Waals surface area (Å²) in [4.78, 5) is 4.00. The summed E-state index contributed by atoms with van der Waals surface area (Å²) >= 11 is 0. The number of hydrogen-bond donors (Lipinski definition) is 2. The molecule has 6 nitrogen and oxygen atoms in total. The molecule has 0 amide bonds. The Bertz CT molecular complexity index is 456. The minimum Gasteiger partial charge on any atom is -0.383 e. The Hall–Kier alpha value is -2.24. The number of amidine groups is 1. The summed E-state index contributed by atoms with van der Waals surface area (Å²) in [5, 5.41) is 13.1. The molecule has 0 aliphatic heterocycles. The maximum Gasteiger partial charge on any atom is 0.290 e. The highest BCUT2D eigenvalue weighted by Crippen LogP contribution is 2.05. The SMILES string of the molecule is Cc1ccc(C(N)=Nc2nn[nH]n2)cc1. The number of aryl methyl sites for hydroxylation is 1. The minimum absolute atomic E-state index is 0.230. The van der Waals surface area contributed by atoms with Gasteiger partial charge in [0.15, 0.2) is 0 Å². The van der Waals surface area contributed by atoms with Crippen LogP contribution in [0.25, 0.3) is 0 Å². The molecule has 2 rings (SSSR count). The molecule has 0 radical (unpaired) electrons. The maximum absolute atomic E-state index is 5.76. The zero-order valence-electron chi connectivity index (χ0n) is 8.18. The van der Waals surface area contributed by atoms with Crippen LogP contribution >= 0.6 is 0 Å². The van der Waals surface area contributed by atoms with Crippen molar-refractivity contribution < 1.29 is 0 Å². The monoisotopic (exact) mass is 202 g/mol. The van der Waals surface area contributed by atoms with Crippen molar-refractivity contribution in [3.8, 4) is 0 Å². The van der Waals surface area contributed by atoms with Gasteiger partial charge in [-0.15, -0.1) is 5.10 Å². The first-order valence-electron chi connectivity index (χ1n) is 4.40. The molecule has 0 saturated carbocycles. The van der Waals surface area contributed by atoms with E-state index in [0.717, 1.165) is 5.56 Å². The highest BCUT2D eigenvalue weighted by molar-refractivity contribution is 5.98. The molecule has 6 heteroatoms. The molecular weight excluding hydrogens is 192 g/mol. The standard InChI is InChI=1S/C9H10N6/c1-6-2-4-7(5-3-6)8(10)11-9-12-14-15-13-9/h2-5H,1H3,(H3,10,11,12,13,14,15). The van der Waals surface area contributed by atoms with E-state index in [1.807, 2.05) is 31.2 Å². The molecule has 1 heterocycles. The Balaban J connectivity index is 2.28. The smallest absolute Gasteiger partial charge is 0.290 e. The predicted molar refractivity (Wildman–Crippen MR) is 55.7 cm³/mol. The van der Waals surface area contributed by atoms with Crippen molar-refractivity contribution in [3.05, 3.63) is 35.4 Å². The zero-order valence-corrected chi connectivity index (χ0v) is 8.18. The summed E-state index contributed by atoms with van der Waals surface area (Å²) in [6, 6.07) is 7.73. The number of rotatable bonds is 2. The fourth-order valence-corrected chi connectivity index (χ4v) is 1.10. The van der Waals surface area contributed by atoms with Gasteiger partial charge in [-0.1, -0.05) is 34.9 Å². The van der Waals surface area contributed by atoms with Gasteiger partial charge in [0.25, 0.3) is 5.95 Å². The van der Waals surface area contributed by atoms with E-state index >= 15 is 0 Å². The van der Waals surface area contributed by atoms with Gasteiger partial charge in [0, 0.05) is 5.56 Å². The van der Waals surface area contributed by atoms with Gasteiger partial charge in [-0.25, -0.2) is 0 Å². The lowest BCUT2D eigenvalue weighted by Gasteiger charge is -1.99. The van der Waals surface area contributed by atoms with Crippen molar-refractivity contribution in [1.29, 1.82) is 0 Å². The van der Waals surface area contributed by atoms with Crippen molar-refractivity contribution in [1.82, 2.24) is 20.6 Å². The Kier molecular flexibility index (Phi) is 2.40. The second kappa shape index (κ2) is 3.87. The second-order valence-corrected chi connectivity index (χ2v) is 3.07. The Morgan fingerprint density at radius 3 is 2.67 bits per heavy atom. The third kappa shape index (κ3) is 2.16.